The number of halogens is 16. The van der Waals surface area contributed by atoms with Crippen molar-refractivity contribution in [2.24, 2.45) is 11.8 Å². The molecule has 25 heavy (non-hydrogen) atoms. The Balaban J connectivity index is 6.06. The van der Waals surface area contributed by atoms with E-state index in [1.54, 1.807) is 0 Å². The summed E-state index contributed by atoms with van der Waals surface area (Å²) in [5.41, 5.74) is 0. The van der Waals surface area contributed by atoms with Crippen LogP contribution >= 0.6 is 255 Å². The van der Waals surface area contributed by atoms with Crippen LogP contribution in [0.3, 0.4) is 0 Å². The Kier molecular flexibility index (Phi) is 15.1. The molecular weight excluding hydrogens is 1390 g/mol. The van der Waals surface area contributed by atoms with Crippen molar-refractivity contribution in [1.29, 1.82) is 0 Å². The quantitative estimate of drug-likeness (QED) is 0.255. The van der Waals surface area contributed by atoms with Gasteiger partial charge in [-0.2, -0.15) is 0 Å². The van der Waals surface area contributed by atoms with E-state index in [0.29, 0.717) is 0 Å². The van der Waals surface area contributed by atoms with Crippen molar-refractivity contribution in [1.82, 2.24) is 0 Å². The second-order valence-corrected chi connectivity index (χ2v) is 38.9. The van der Waals surface area contributed by atoms with E-state index in [9.17, 15) is 0 Å². The van der Waals surface area contributed by atoms with Crippen molar-refractivity contribution in [2.75, 3.05) is 0 Å². The van der Waals surface area contributed by atoms with Crippen LogP contribution in [-0.2, 0) is 4.74 Å². The molecule has 0 rings (SSSR count). The minimum Gasteiger partial charge on any atom is -0.325 e. The summed E-state index contributed by atoms with van der Waals surface area (Å²) >= 11 is 57.2. The predicted molar refractivity (Wildman–Crippen MR) is 167 cm³/mol. The lowest BCUT2D eigenvalue weighted by Crippen LogP contribution is -2.52. The Morgan fingerprint density at radius 3 is 0.640 bits per heavy atom. The third-order valence-electron chi connectivity index (χ3n) is 2.25. The molecule has 0 spiro atoms. The molecule has 0 aromatic heterocycles. The van der Waals surface area contributed by atoms with Crippen LogP contribution < -0.4 is 0 Å². The zero-order chi connectivity index (χ0) is 20.9. The molecule has 0 saturated carbocycles. The van der Waals surface area contributed by atoms with Crippen molar-refractivity contribution < 1.29 is 4.74 Å². The first-order valence-electron chi connectivity index (χ1n) is 5.16. The molecule has 0 unspecified atom stereocenters. The lowest BCUT2D eigenvalue weighted by atomic mass is 10.2. The minimum atomic E-state index is -1.09. The maximum absolute atomic E-state index is 6.36. The van der Waals surface area contributed by atoms with Crippen LogP contribution in [-0.4, -0.2) is 15.4 Å². The number of ether oxygens (including phenoxy) is 1. The van der Waals surface area contributed by atoms with Gasteiger partial charge in [0.05, 0.1) is 11.8 Å². The highest BCUT2D eigenvalue weighted by Crippen LogP contribution is 2.67. The summed E-state index contributed by atoms with van der Waals surface area (Å²) < 4.78 is 1.26. The van der Waals surface area contributed by atoms with Gasteiger partial charge in [-0.1, -0.05) is 191 Å². The molecule has 0 aliphatic carbocycles. The number of hydrogen-bond donors (Lipinski definition) is 0. The Labute approximate surface area is 280 Å². The molecule has 0 aromatic rings. The van der Waals surface area contributed by atoms with Crippen LogP contribution in [0.4, 0.5) is 0 Å². The standard InChI is InChI=1S/C8H2Br16O/c9-3(10,11)1(4(12,13)14)7(21,22)25-8(23,24)2(5(15,16)17)6(18,19)20/h1-2H. The minimum absolute atomic E-state index is 0.381. The van der Waals surface area contributed by atoms with E-state index in [1.807, 2.05) is 0 Å². The van der Waals surface area contributed by atoms with E-state index in [0.717, 1.165) is 0 Å². The molecule has 0 fully saturated rings. The smallest absolute Gasteiger partial charge is 0.189 e. The van der Waals surface area contributed by atoms with Crippen LogP contribution in [0.2, 0.25) is 0 Å². The number of hydrogen-bond acceptors (Lipinski definition) is 1. The van der Waals surface area contributed by atoms with E-state index >= 15 is 0 Å². The van der Waals surface area contributed by atoms with Gasteiger partial charge in [-0.3, -0.25) is 0 Å². The molecule has 0 bridgehead atoms. The van der Waals surface area contributed by atoms with Crippen molar-refractivity contribution in [3.8, 4) is 0 Å². The lowest BCUT2D eigenvalue weighted by Gasteiger charge is -2.47. The third-order valence-corrected chi connectivity index (χ3v) is 10.2. The first-order valence-corrected chi connectivity index (χ1v) is 17.9. The first-order chi connectivity index (χ1) is 10.4. The van der Waals surface area contributed by atoms with Crippen molar-refractivity contribution in [3.05, 3.63) is 0 Å². The summed E-state index contributed by atoms with van der Waals surface area (Å²) in [6.07, 6.45) is 0. The molecule has 0 saturated heterocycles. The Morgan fingerprint density at radius 1 is 0.360 bits per heavy atom. The van der Waals surface area contributed by atoms with Gasteiger partial charge in [0.1, 0.15) is 8.57 Å². The molecule has 0 radical (unpaired) electrons. The summed E-state index contributed by atoms with van der Waals surface area (Å²) in [6.45, 7) is 0. The van der Waals surface area contributed by atoms with Gasteiger partial charge < -0.3 is 4.74 Å². The Hall–Kier alpha value is 7.64. The van der Waals surface area contributed by atoms with Gasteiger partial charge >= 0.3 is 0 Å². The molecular formula is C8H2Br16O. The predicted octanol–water partition coefficient (Wildman–Crippen LogP) is 12.5. The third kappa shape index (κ3) is 11.3. The highest BCUT2D eigenvalue weighted by atomic mass is 80.0. The highest BCUT2D eigenvalue weighted by Gasteiger charge is 2.62. The Bertz CT molecular complexity index is 379. The second kappa shape index (κ2) is 11.6. The van der Waals surface area contributed by atoms with Gasteiger partial charge in [0.25, 0.3) is 0 Å². The average molecular weight is 1390 g/mol. The van der Waals surface area contributed by atoms with Crippen LogP contribution in [0, 0.1) is 11.8 Å². The average Bonchev–Trinajstić information content (AvgIpc) is 1.98. The SMILES string of the molecule is BrC(Br)(Br)C(C(Br)(Br)Br)C(Br)(Br)OC(Br)(Br)C(C(Br)(Br)Br)C(Br)(Br)Br. The fraction of sp³-hybridized carbons (Fsp3) is 1.00. The van der Waals surface area contributed by atoms with E-state index in [1.165, 1.54) is 0 Å². The van der Waals surface area contributed by atoms with E-state index in [2.05, 4.69) is 255 Å². The molecule has 0 aliphatic rings. The van der Waals surface area contributed by atoms with Gasteiger partial charge in [0.15, 0.2) is 6.84 Å². The number of alkyl halides is 16. The summed E-state index contributed by atoms with van der Waals surface area (Å²) in [7, 11) is 0. The topological polar surface area (TPSA) is 9.23 Å². The first kappa shape index (κ1) is 32.6. The molecule has 17 heteroatoms. The van der Waals surface area contributed by atoms with Gasteiger partial charge in [-0.05, 0) is 63.7 Å². The maximum Gasteiger partial charge on any atom is 0.189 e. The summed E-state index contributed by atoms with van der Waals surface area (Å²) in [5.74, 6) is -0.762. The van der Waals surface area contributed by atoms with Gasteiger partial charge in [-0.15, -0.1) is 0 Å². The van der Waals surface area contributed by atoms with Crippen LogP contribution in [0.1, 0.15) is 0 Å². The van der Waals surface area contributed by atoms with Crippen molar-refractivity contribution >= 4 is 255 Å². The van der Waals surface area contributed by atoms with Crippen molar-refractivity contribution in [3.63, 3.8) is 0 Å². The molecule has 0 aliphatic heterocycles. The summed E-state index contributed by atoms with van der Waals surface area (Å²) in [6, 6.07) is 0. The summed E-state index contributed by atoms with van der Waals surface area (Å²) in [5, 5.41) is 0. The maximum atomic E-state index is 6.36. The zero-order valence-corrected chi connectivity index (χ0v) is 36.0. The molecule has 0 N–H and O–H groups in total. The largest absolute Gasteiger partial charge is 0.325 e. The van der Waals surface area contributed by atoms with E-state index < -0.39 is 15.4 Å². The Morgan fingerprint density at radius 2 is 0.520 bits per heavy atom. The van der Waals surface area contributed by atoms with Gasteiger partial charge in [0, 0.05) is 0 Å². The molecule has 0 atom stereocenters. The monoisotopic (exact) mass is 1380 g/mol. The van der Waals surface area contributed by atoms with Crippen LogP contribution in [0.5, 0.6) is 0 Å². The normalized spacial score (nSPS) is 16.1. The van der Waals surface area contributed by atoms with Gasteiger partial charge in [-0.25, -0.2) is 0 Å². The van der Waals surface area contributed by atoms with E-state index in [4.69, 9.17) is 4.74 Å². The molecule has 0 heterocycles. The fourth-order valence-electron chi connectivity index (χ4n) is 1.43. The molecule has 1 nitrogen and oxygen atoms in total. The molecule has 0 amide bonds. The summed E-state index contributed by atoms with van der Waals surface area (Å²) in [4.78, 5) is 0. The van der Waals surface area contributed by atoms with Gasteiger partial charge in [0.2, 0.25) is 0 Å². The fourth-order valence-corrected chi connectivity index (χ4v) is 27.0. The van der Waals surface area contributed by atoms with Crippen LogP contribution in [0.25, 0.3) is 0 Å². The van der Waals surface area contributed by atoms with E-state index in [-0.39, 0.29) is 11.8 Å². The van der Waals surface area contributed by atoms with Crippen LogP contribution in [0.15, 0.2) is 0 Å². The van der Waals surface area contributed by atoms with Crippen molar-refractivity contribution in [2.45, 2.75) is 15.4 Å². The molecule has 0 aromatic carbocycles. The lowest BCUT2D eigenvalue weighted by molar-refractivity contribution is 0.0125. The zero-order valence-electron chi connectivity index (χ0n) is 10.6. The highest BCUT2D eigenvalue weighted by molar-refractivity contribution is 9.41. The molecule has 152 valence electrons. The number of rotatable bonds is 4. The second-order valence-electron chi connectivity index (χ2n) is 4.26.